The van der Waals surface area contributed by atoms with Crippen molar-refractivity contribution in [2.45, 2.75) is 0 Å². The van der Waals surface area contributed by atoms with E-state index in [2.05, 4.69) is 0 Å². The minimum absolute atomic E-state index is 0.0103. The molecule has 14 N–H and O–H groups in total. The first-order chi connectivity index (χ1) is 11.2. The molecule has 9 nitrogen and oxygen atoms in total. The van der Waals surface area contributed by atoms with Crippen molar-refractivity contribution < 1.29 is 4.42 Å². The van der Waals surface area contributed by atoms with Gasteiger partial charge in [0.25, 0.3) is 0 Å². The van der Waals surface area contributed by atoms with Crippen LogP contribution >= 0.6 is 0 Å². The summed E-state index contributed by atoms with van der Waals surface area (Å²) in [5.74, 6) is 0.0921. The maximum atomic E-state index is 12.6. The summed E-state index contributed by atoms with van der Waals surface area (Å²) in [7, 11) is 0. The first kappa shape index (κ1) is 15.2. The lowest BCUT2D eigenvalue weighted by molar-refractivity contribution is 0.623. The van der Waals surface area contributed by atoms with Crippen LogP contribution in [0, 0.1) is 0 Å². The Morgan fingerprint density at radius 3 is 1.96 bits per heavy atom. The largest absolute Gasteiger partial charge is 0.451 e. The number of fused-ring (bicyclic) bond motifs is 1. The first-order valence-electron chi connectivity index (χ1n) is 6.87. The number of benzene rings is 2. The van der Waals surface area contributed by atoms with Gasteiger partial charge >= 0.3 is 0 Å². The number of nitrogens with two attached hydrogens (primary N) is 7. The summed E-state index contributed by atoms with van der Waals surface area (Å²) >= 11 is 0. The molecule has 0 amide bonds. The molecule has 2 aromatic carbocycles. The van der Waals surface area contributed by atoms with E-state index in [4.69, 9.17) is 44.6 Å². The number of nitrogen functional groups attached to an aromatic ring is 7. The first-order valence-corrected chi connectivity index (χ1v) is 6.87. The lowest BCUT2D eigenvalue weighted by Gasteiger charge is -2.14. The predicted octanol–water partition coefficient (Wildman–Crippen LogP) is 0.535. The monoisotopic (exact) mass is 327 g/mol. The molecule has 0 bridgehead atoms. The zero-order valence-electron chi connectivity index (χ0n) is 12.6. The third kappa shape index (κ3) is 1.92. The molecule has 0 unspecified atom stereocenters. The van der Waals surface area contributed by atoms with Crippen molar-refractivity contribution in [3.63, 3.8) is 0 Å². The van der Waals surface area contributed by atoms with E-state index in [1.165, 1.54) is 6.07 Å². The molecule has 1 aromatic heterocycles. The van der Waals surface area contributed by atoms with Gasteiger partial charge in [0.2, 0.25) is 5.43 Å². The van der Waals surface area contributed by atoms with Crippen molar-refractivity contribution in [2.75, 3.05) is 40.1 Å². The molecule has 24 heavy (non-hydrogen) atoms. The molecule has 124 valence electrons. The summed E-state index contributed by atoms with van der Waals surface area (Å²) < 4.78 is 5.74. The lowest BCUT2D eigenvalue weighted by Crippen LogP contribution is -2.15. The van der Waals surface area contributed by atoms with Crippen molar-refractivity contribution in [1.82, 2.24) is 0 Å². The van der Waals surface area contributed by atoms with E-state index in [1.54, 1.807) is 12.1 Å². The van der Waals surface area contributed by atoms with Gasteiger partial charge in [-0.05, 0) is 18.2 Å². The van der Waals surface area contributed by atoms with Crippen LogP contribution in [-0.4, -0.2) is 0 Å². The fourth-order valence-corrected chi connectivity index (χ4v) is 2.46. The third-order valence-electron chi connectivity index (χ3n) is 3.88. The van der Waals surface area contributed by atoms with Crippen molar-refractivity contribution in [3.05, 3.63) is 28.4 Å². The molecule has 0 atom stereocenters. The maximum absolute atomic E-state index is 12.6. The van der Waals surface area contributed by atoms with Gasteiger partial charge in [0.1, 0.15) is 11.4 Å². The molecule has 1 heterocycles. The smallest absolute Gasteiger partial charge is 0.218 e. The molecule has 0 radical (unpaired) electrons. The molecule has 3 rings (SSSR count). The van der Waals surface area contributed by atoms with Gasteiger partial charge in [-0.25, -0.2) is 0 Å². The molecule has 0 spiro atoms. The zero-order chi connectivity index (χ0) is 17.8. The third-order valence-corrected chi connectivity index (χ3v) is 3.88. The molecule has 0 aliphatic rings. The topological polar surface area (TPSA) is 212 Å². The van der Waals surface area contributed by atoms with Crippen molar-refractivity contribution in [3.8, 4) is 11.3 Å². The molecule has 0 fully saturated rings. The number of rotatable bonds is 1. The second-order valence-electron chi connectivity index (χ2n) is 5.38. The van der Waals surface area contributed by atoms with Crippen LogP contribution in [0.3, 0.4) is 0 Å². The van der Waals surface area contributed by atoms with Crippen molar-refractivity contribution in [2.24, 2.45) is 0 Å². The number of anilines is 7. The van der Waals surface area contributed by atoms with E-state index in [1.807, 2.05) is 0 Å². The zero-order valence-corrected chi connectivity index (χ0v) is 12.6. The minimum atomic E-state index is -0.558. The average Bonchev–Trinajstić information content (AvgIpc) is 2.56. The molecule has 0 aliphatic heterocycles. The van der Waals surface area contributed by atoms with E-state index in [0.717, 1.165) is 0 Å². The summed E-state index contributed by atoms with van der Waals surface area (Å²) in [6.07, 6.45) is 0. The van der Waals surface area contributed by atoms with E-state index in [9.17, 15) is 4.79 Å². The van der Waals surface area contributed by atoms with Crippen molar-refractivity contribution >= 4 is 50.8 Å². The summed E-state index contributed by atoms with van der Waals surface area (Å²) in [4.78, 5) is 12.6. The SMILES string of the molecule is Nc1ccc(-c2oc3c(N)c(N)c(N)c(N)c3c(=O)c2N)cc1N. The van der Waals surface area contributed by atoms with E-state index >= 15 is 0 Å². The summed E-state index contributed by atoms with van der Waals surface area (Å²) in [5, 5.41) is -0.0103. The van der Waals surface area contributed by atoms with Gasteiger partial charge in [-0.15, -0.1) is 0 Å². The van der Waals surface area contributed by atoms with E-state index < -0.39 is 5.43 Å². The van der Waals surface area contributed by atoms with Crippen LogP contribution in [0.25, 0.3) is 22.3 Å². The Bertz CT molecular complexity index is 1060. The Morgan fingerprint density at radius 1 is 0.708 bits per heavy atom. The fourth-order valence-electron chi connectivity index (χ4n) is 2.46. The number of hydrogen-bond acceptors (Lipinski definition) is 9. The summed E-state index contributed by atoms with van der Waals surface area (Å²) in [5.41, 5.74) is 41.3. The number of hydrogen-bond donors (Lipinski definition) is 7. The molecule has 0 saturated heterocycles. The van der Waals surface area contributed by atoms with E-state index in [-0.39, 0.29) is 45.2 Å². The van der Waals surface area contributed by atoms with Crippen LogP contribution in [0.15, 0.2) is 27.4 Å². The normalized spacial score (nSPS) is 11.0. The van der Waals surface area contributed by atoms with Crippen LogP contribution in [0.1, 0.15) is 0 Å². The predicted molar refractivity (Wildman–Crippen MR) is 98.8 cm³/mol. The molecule has 0 saturated carbocycles. The van der Waals surface area contributed by atoms with Crippen LogP contribution in [0.4, 0.5) is 39.8 Å². The van der Waals surface area contributed by atoms with Gasteiger partial charge in [0, 0.05) is 5.56 Å². The molecular formula is C15H17N7O2. The van der Waals surface area contributed by atoms with Gasteiger partial charge in [-0.1, -0.05) is 0 Å². The molecule has 0 aliphatic carbocycles. The average molecular weight is 327 g/mol. The molecular weight excluding hydrogens is 310 g/mol. The molecule has 9 heteroatoms. The summed E-state index contributed by atoms with van der Waals surface area (Å²) in [6, 6.07) is 4.73. The second kappa shape index (κ2) is 4.88. The van der Waals surface area contributed by atoms with Crippen LogP contribution in [0.2, 0.25) is 0 Å². The minimum Gasteiger partial charge on any atom is -0.451 e. The highest BCUT2D eigenvalue weighted by atomic mass is 16.3. The highest BCUT2D eigenvalue weighted by Crippen LogP contribution is 2.40. The summed E-state index contributed by atoms with van der Waals surface area (Å²) in [6.45, 7) is 0. The van der Waals surface area contributed by atoms with Crippen LogP contribution < -0.4 is 45.6 Å². The quantitative estimate of drug-likeness (QED) is 0.310. The van der Waals surface area contributed by atoms with Crippen LogP contribution in [0.5, 0.6) is 0 Å². The van der Waals surface area contributed by atoms with E-state index in [0.29, 0.717) is 16.9 Å². The van der Waals surface area contributed by atoms with Gasteiger partial charge in [0.15, 0.2) is 11.3 Å². The standard InChI is InChI=1S/C15H17N7O2/c16-5-2-1-4(3-6(5)17)14-12(22)13(23)7-8(18)9(19)10(20)11(21)15(7)24-14/h1-3H,16-22H2. The van der Waals surface area contributed by atoms with Crippen LogP contribution in [-0.2, 0) is 0 Å². The highest BCUT2D eigenvalue weighted by Gasteiger charge is 2.21. The van der Waals surface area contributed by atoms with Gasteiger partial charge in [-0.3, -0.25) is 4.79 Å². The fraction of sp³-hybridized carbons (Fsp3) is 0. The van der Waals surface area contributed by atoms with Gasteiger partial charge in [-0.2, -0.15) is 0 Å². The second-order valence-corrected chi connectivity index (χ2v) is 5.38. The van der Waals surface area contributed by atoms with Crippen molar-refractivity contribution in [1.29, 1.82) is 0 Å². The Morgan fingerprint density at radius 2 is 1.33 bits per heavy atom. The Hall–Kier alpha value is -3.75. The van der Waals surface area contributed by atoms with Gasteiger partial charge < -0.3 is 44.6 Å². The Labute approximate surface area is 136 Å². The maximum Gasteiger partial charge on any atom is 0.218 e. The Kier molecular flexibility index (Phi) is 3.08. The lowest BCUT2D eigenvalue weighted by atomic mass is 10.0. The molecule has 3 aromatic rings. The van der Waals surface area contributed by atoms with Gasteiger partial charge in [0.05, 0.1) is 33.8 Å². The highest BCUT2D eigenvalue weighted by molar-refractivity contribution is 6.10. The Balaban J connectivity index is 2.46.